The number of hydrogen-bond donors (Lipinski definition) is 3. The summed E-state index contributed by atoms with van der Waals surface area (Å²) in [7, 11) is 0. The first-order valence-corrected chi connectivity index (χ1v) is 8.14. The van der Waals surface area contributed by atoms with Crippen LogP contribution in [0, 0.1) is 0 Å². The summed E-state index contributed by atoms with van der Waals surface area (Å²) in [4.78, 5) is 3.28. The smallest absolute Gasteiger partial charge is 0.0938 e. The molecule has 2 unspecified atom stereocenters. The van der Waals surface area contributed by atoms with E-state index in [-0.39, 0.29) is 6.10 Å². The first-order valence-electron chi connectivity index (χ1n) is 8.14. The number of fused-ring (bicyclic) bond motifs is 1. The Bertz CT molecular complexity index is 502. The summed E-state index contributed by atoms with van der Waals surface area (Å²) in [6, 6.07) is 10.1. The number of rotatable bonds is 9. The fourth-order valence-corrected chi connectivity index (χ4v) is 2.80. The standard InChI is InChI=1S/C18H27NO2/c1-2-8-15(20)10-4-3-5-12-18(21)17-13-14-9-6-7-11-16(14)19-17/h6-7,9,11,13,15,18-21H,2-5,8,10,12H2,1H3. The molecule has 1 aromatic heterocycles. The molecule has 0 aliphatic heterocycles. The van der Waals surface area contributed by atoms with Crippen LogP contribution in [0.2, 0.25) is 0 Å². The molecule has 2 aromatic rings. The highest BCUT2D eigenvalue weighted by atomic mass is 16.3. The molecule has 0 saturated heterocycles. The molecule has 0 fully saturated rings. The largest absolute Gasteiger partial charge is 0.393 e. The van der Waals surface area contributed by atoms with Crippen molar-refractivity contribution in [2.45, 2.75) is 64.1 Å². The monoisotopic (exact) mass is 289 g/mol. The van der Waals surface area contributed by atoms with E-state index in [9.17, 15) is 10.2 Å². The van der Waals surface area contributed by atoms with Crippen LogP contribution in [0.1, 0.15) is 63.7 Å². The summed E-state index contributed by atoms with van der Waals surface area (Å²) in [6.45, 7) is 2.10. The van der Waals surface area contributed by atoms with Crippen LogP contribution < -0.4 is 0 Å². The van der Waals surface area contributed by atoms with Gasteiger partial charge in [0.25, 0.3) is 0 Å². The molecule has 1 heterocycles. The van der Waals surface area contributed by atoms with E-state index in [4.69, 9.17) is 0 Å². The highest BCUT2D eigenvalue weighted by Gasteiger charge is 2.10. The minimum absolute atomic E-state index is 0.145. The van der Waals surface area contributed by atoms with Crippen molar-refractivity contribution in [2.24, 2.45) is 0 Å². The molecule has 2 atom stereocenters. The van der Waals surface area contributed by atoms with Gasteiger partial charge in [-0.3, -0.25) is 0 Å². The molecular formula is C18H27NO2. The lowest BCUT2D eigenvalue weighted by Gasteiger charge is -2.10. The first-order chi connectivity index (χ1) is 10.2. The number of unbranched alkanes of at least 4 members (excludes halogenated alkanes) is 2. The third-order valence-electron chi connectivity index (χ3n) is 4.05. The molecular weight excluding hydrogens is 262 g/mol. The number of aliphatic hydroxyl groups excluding tert-OH is 2. The van der Waals surface area contributed by atoms with Gasteiger partial charge in [-0.2, -0.15) is 0 Å². The zero-order valence-electron chi connectivity index (χ0n) is 12.9. The average Bonchev–Trinajstić information content (AvgIpc) is 2.91. The minimum atomic E-state index is -0.419. The number of aliphatic hydroxyl groups is 2. The molecule has 21 heavy (non-hydrogen) atoms. The van der Waals surface area contributed by atoms with Crippen molar-refractivity contribution >= 4 is 10.9 Å². The Morgan fingerprint density at radius 2 is 1.76 bits per heavy atom. The van der Waals surface area contributed by atoms with Crippen LogP contribution in [0.15, 0.2) is 30.3 Å². The highest BCUT2D eigenvalue weighted by molar-refractivity contribution is 5.80. The molecule has 2 rings (SSSR count). The Labute approximate surface area is 127 Å². The lowest BCUT2D eigenvalue weighted by molar-refractivity contribution is 0.145. The average molecular weight is 289 g/mol. The lowest BCUT2D eigenvalue weighted by atomic mass is 10.0. The Kier molecular flexibility index (Phi) is 6.27. The second kappa shape index (κ2) is 8.20. The lowest BCUT2D eigenvalue weighted by Crippen LogP contribution is -2.05. The maximum atomic E-state index is 10.2. The van der Waals surface area contributed by atoms with Crippen molar-refractivity contribution in [3.63, 3.8) is 0 Å². The van der Waals surface area contributed by atoms with Crippen molar-refractivity contribution < 1.29 is 10.2 Å². The number of hydrogen-bond acceptors (Lipinski definition) is 2. The van der Waals surface area contributed by atoms with Crippen molar-refractivity contribution in [3.05, 3.63) is 36.0 Å². The Morgan fingerprint density at radius 1 is 1.00 bits per heavy atom. The fourth-order valence-electron chi connectivity index (χ4n) is 2.80. The summed E-state index contributed by atoms with van der Waals surface area (Å²) in [5.41, 5.74) is 1.98. The summed E-state index contributed by atoms with van der Waals surface area (Å²) >= 11 is 0. The van der Waals surface area contributed by atoms with Gasteiger partial charge in [0.05, 0.1) is 12.2 Å². The molecule has 3 nitrogen and oxygen atoms in total. The number of benzene rings is 1. The Hall–Kier alpha value is -1.32. The zero-order chi connectivity index (χ0) is 15.1. The van der Waals surface area contributed by atoms with Crippen molar-refractivity contribution in [1.29, 1.82) is 0 Å². The molecule has 1 aromatic carbocycles. The highest BCUT2D eigenvalue weighted by Crippen LogP contribution is 2.23. The molecule has 0 spiro atoms. The van der Waals surface area contributed by atoms with Gasteiger partial charge in [0.2, 0.25) is 0 Å². The third-order valence-corrected chi connectivity index (χ3v) is 4.05. The predicted octanol–water partition coefficient (Wildman–Crippen LogP) is 4.31. The van der Waals surface area contributed by atoms with E-state index in [1.54, 1.807) is 0 Å². The van der Waals surface area contributed by atoms with Gasteiger partial charge in [0.1, 0.15) is 0 Å². The van der Waals surface area contributed by atoms with E-state index in [1.165, 1.54) is 0 Å². The second-order valence-electron chi connectivity index (χ2n) is 5.91. The van der Waals surface area contributed by atoms with Crippen LogP contribution in [0.25, 0.3) is 10.9 Å². The number of aromatic amines is 1. The normalized spacial score (nSPS) is 14.4. The van der Waals surface area contributed by atoms with Crippen LogP contribution in [-0.2, 0) is 0 Å². The van der Waals surface area contributed by atoms with Crippen LogP contribution in [0.5, 0.6) is 0 Å². The summed E-state index contributed by atoms with van der Waals surface area (Å²) in [5, 5.41) is 21.0. The quantitative estimate of drug-likeness (QED) is 0.602. The molecule has 0 amide bonds. The van der Waals surface area contributed by atoms with Gasteiger partial charge >= 0.3 is 0 Å². The number of para-hydroxylation sites is 1. The first kappa shape index (κ1) is 16.1. The van der Waals surface area contributed by atoms with Crippen LogP contribution >= 0.6 is 0 Å². The van der Waals surface area contributed by atoms with Gasteiger partial charge < -0.3 is 15.2 Å². The van der Waals surface area contributed by atoms with Gasteiger partial charge in [0, 0.05) is 11.2 Å². The van der Waals surface area contributed by atoms with E-state index in [0.29, 0.717) is 0 Å². The number of aromatic nitrogens is 1. The van der Waals surface area contributed by atoms with E-state index in [0.717, 1.165) is 61.5 Å². The number of nitrogens with one attached hydrogen (secondary N) is 1. The molecule has 0 aliphatic rings. The Morgan fingerprint density at radius 3 is 2.52 bits per heavy atom. The zero-order valence-corrected chi connectivity index (χ0v) is 12.9. The van der Waals surface area contributed by atoms with E-state index in [2.05, 4.69) is 18.0 Å². The van der Waals surface area contributed by atoms with Gasteiger partial charge in [-0.1, -0.05) is 50.8 Å². The molecule has 0 bridgehead atoms. The van der Waals surface area contributed by atoms with Crippen LogP contribution in [0.3, 0.4) is 0 Å². The topological polar surface area (TPSA) is 56.2 Å². The van der Waals surface area contributed by atoms with Gasteiger partial charge in [-0.05, 0) is 36.8 Å². The maximum Gasteiger partial charge on any atom is 0.0938 e. The van der Waals surface area contributed by atoms with Gasteiger partial charge in [0.15, 0.2) is 0 Å². The van der Waals surface area contributed by atoms with Crippen LogP contribution in [-0.4, -0.2) is 21.3 Å². The molecule has 0 aliphatic carbocycles. The second-order valence-corrected chi connectivity index (χ2v) is 5.91. The summed E-state index contributed by atoms with van der Waals surface area (Å²) < 4.78 is 0. The molecule has 116 valence electrons. The van der Waals surface area contributed by atoms with E-state index >= 15 is 0 Å². The van der Waals surface area contributed by atoms with Gasteiger partial charge in [-0.15, -0.1) is 0 Å². The third kappa shape index (κ3) is 4.87. The minimum Gasteiger partial charge on any atom is -0.393 e. The summed E-state index contributed by atoms with van der Waals surface area (Å²) in [6.07, 6.45) is 6.14. The fraction of sp³-hybridized carbons (Fsp3) is 0.556. The van der Waals surface area contributed by atoms with Crippen molar-refractivity contribution in [3.8, 4) is 0 Å². The van der Waals surface area contributed by atoms with E-state index in [1.807, 2.05) is 24.3 Å². The molecule has 0 radical (unpaired) electrons. The van der Waals surface area contributed by atoms with Gasteiger partial charge in [-0.25, -0.2) is 0 Å². The van der Waals surface area contributed by atoms with E-state index < -0.39 is 6.10 Å². The molecule has 3 N–H and O–H groups in total. The predicted molar refractivity (Wildman–Crippen MR) is 87.3 cm³/mol. The number of H-pyrrole nitrogens is 1. The molecule has 0 saturated carbocycles. The van der Waals surface area contributed by atoms with Crippen molar-refractivity contribution in [1.82, 2.24) is 4.98 Å². The maximum absolute atomic E-state index is 10.2. The SMILES string of the molecule is CCCC(O)CCCCCC(O)c1cc2ccccc2[nH]1. The summed E-state index contributed by atoms with van der Waals surface area (Å²) in [5.74, 6) is 0. The van der Waals surface area contributed by atoms with Crippen LogP contribution in [0.4, 0.5) is 0 Å². The van der Waals surface area contributed by atoms with Crippen molar-refractivity contribution in [2.75, 3.05) is 0 Å². The Balaban J connectivity index is 1.71. The molecule has 3 heteroatoms.